The van der Waals surface area contributed by atoms with E-state index >= 15 is 0 Å². The first-order chi connectivity index (χ1) is 28.0. The van der Waals surface area contributed by atoms with Gasteiger partial charge in [-0.15, -0.1) is 17.9 Å². The van der Waals surface area contributed by atoms with Crippen molar-refractivity contribution in [1.82, 2.24) is 25.5 Å². The molecule has 3 N–H and O–H groups in total. The maximum atomic E-state index is 14.8. The third-order valence-electron chi connectivity index (χ3n) is 11.5. The summed E-state index contributed by atoms with van der Waals surface area (Å²) < 4.78 is 23.2. The minimum Gasteiger partial charge on any atom is -0.488 e. The standard InChI is InChI=1S/C42H50ClN7O8S/c1-8-24-18-42(24,38(53)55-7)49-36(51)30-16-26(19-50(30)37(52)35(41(4,5)6)48-40(54)58-25-14-22-13-23(22)15-25)57-32-17-28(29-20-59-39(47-29)45-21(2)3)46-34-27(32)9-10-31(33(34)43)56-12-11-44/h8-10,17,20-26,30,35H,1,12-16,18-19H2,2-7H3,(H,45,47)(H,48,54)(H,49,51)/t22-,23+,24-,25+,26-,30+,35-,42-/m1/s1. The van der Waals surface area contributed by atoms with Crippen LogP contribution in [0.15, 0.2) is 36.2 Å². The van der Waals surface area contributed by atoms with Crippen molar-refractivity contribution in [3.05, 3.63) is 41.3 Å². The van der Waals surface area contributed by atoms with Crippen LogP contribution in [-0.4, -0.2) is 94.9 Å². The summed E-state index contributed by atoms with van der Waals surface area (Å²) in [5, 5.41) is 21.4. The molecule has 1 saturated heterocycles. The van der Waals surface area contributed by atoms with Crippen molar-refractivity contribution in [3.8, 4) is 29.0 Å². The minimum absolute atomic E-state index is 0.0369. The molecule has 1 aliphatic heterocycles. The third-order valence-corrected chi connectivity index (χ3v) is 12.6. The number of nitriles is 1. The number of aromatic nitrogens is 2. The summed E-state index contributed by atoms with van der Waals surface area (Å²) in [7, 11) is 1.25. The van der Waals surface area contributed by atoms with Crippen molar-refractivity contribution < 1.29 is 38.1 Å². The van der Waals surface area contributed by atoms with E-state index < -0.39 is 53.0 Å². The second-order valence-electron chi connectivity index (χ2n) is 17.2. The molecule has 3 aliphatic carbocycles. The number of fused-ring (bicyclic) bond motifs is 2. The number of hydrogen-bond donors (Lipinski definition) is 3. The summed E-state index contributed by atoms with van der Waals surface area (Å²) in [5.74, 6) is -0.243. The number of ether oxygens (including phenoxy) is 4. The molecule has 3 heterocycles. The number of rotatable bonds is 14. The number of halogens is 1. The Balaban J connectivity index is 1.22. The van der Waals surface area contributed by atoms with Crippen LogP contribution >= 0.6 is 22.9 Å². The first-order valence-corrected chi connectivity index (χ1v) is 21.1. The van der Waals surface area contributed by atoms with Gasteiger partial charge in [0.15, 0.2) is 11.7 Å². The van der Waals surface area contributed by atoms with E-state index in [9.17, 15) is 19.2 Å². The van der Waals surface area contributed by atoms with E-state index in [4.69, 9.17) is 45.8 Å². The molecule has 3 saturated carbocycles. The van der Waals surface area contributed by atoms with Crippen molar-refractivity contribution >= 4 is 62.8 Å². The van der Waals surface area contributed by atoms with Gasteiger partial charge in [-0.25, -0.2) is 19.6 Å². The second-order valence-corrected chi connectivity index (χ2v) is 18.5. The Morgan fingerprint density at radius 1 is 1.10 bits per heavy atom. The molecule has 8 atom stereocenters. The predicted molar refractivity (Wildman–Crippen MR) is 221 cm³/mol. The number of hydrogen-bond acceptors (Lipinski definition) is 13. The molecule has 17 heteroatoms. The molecular formula is C42H50ClN7O8S. The van der Waals surface area contributed by atoms with Crippen molar-refractivity contribution in [2.24, 2.45) is 23.2 Å². The van der Waals surface area contributed by atoms with Crippen LogP contribution in [0.3, 0.4) is 0 Å². The lowest BCUT2D eigenvalue weighted by Crippen LogP contribution is -2.59. The average Bonchev–Trinajstić information content (AvgIpc) is 3.85. The molecule has 0 spiro atoms. The summed E-state index contributed by atoms with van der Waals surface area (Å²) >= 11 is 8.27. The molecule has 3 aromatic rings. The molecule has 1 aromatic carbocycles. The van der Waals surface area contributed by atoms with Gasteiger partial charge in [-0.2, -0.15) is 5.26 Å². The number of pyridine rings is 1. The molecular weight excluding hydrogens is 798 g/mol. The molecule has 0 radical (unpaired) electrons. The highest BCUT2D eigenvalue weighted by Crippen LogP contribution is 2.52. The van der Waals surface area contributed by atoms with Crippen LogP contribution in [0.25, 0.3) is 22.3 Å². The summed E-state index contributed by atoms with van der Waals surface area (Å²) in [6.45, 7) is 13.0. The lowest BCUT2D eigenvalue weighted by Gasteiger charge is -2.35. The highest BCUT2D eigenvalue weighted by Gasteiger charge is 2.62. The fourth-order valence-corrected chi connectivity index (χ4v) is 9.39. The first kappa shape index (κ1) is 42.0. The summed E-state index contributed by atoms with van der Waals surface area (Å²) in [5.41, 5.74) is -0.774. The number of carbonyl (C=O) groups excluding carboxylic acids is 4. The molecule has 59 heavy (non-hydrogen) atoms. The Kier molecular flexibility index (Phi) is 11.7. The number of benzene rings is 1. The van der Waals surface area contributed by atoms with E-state index in [1.807, 2.05) is 46.1 Å². The zero-order valence-corrected chi connectivity index (χ0v) is 35.6. The Hall–Kier alpha value is -5.14. The number of esters is 1. The molecule has 15 nitrogen and oxygen atoms in total. The van der Waals surface area contributed by atoms with E-state index in [-0.39, 0.29) is 48.4 Å². The Bertz CT molecular complexity index is 2190. The number of amides is 3. The van der Waals surface area contributed by atoms with Gasteiger partial charge in [0.2, 0.25) is 11.8 Å². The van der Waals surface area contributed by atoms with Gasteiger partial charge < -0.3 is 39.8 Å². The third kappa shape index (κ3) is 8.77. The van der Waals surface area contributed by atoms with Crippen LogP contribution in [0.4, 0.5) is 9.93 Å². The molecule has 4 aliphatic rings. The fraction of sp³-hybridized carbons (Fsp3) is 0.548. The number of nitrogens with zero attached hydrogens (tertiary/aromatic N) is 4. The van der Waals surface area contributed by atoms with Crippen molar-refractivity contribution in [2.45, 2.75) is 103 Å². The van der Waals surface area contributed by atoms with Gasteiger partial charge in [0, 0.05) is 35.2 Å². The summed E-state index contributed by atoms with van der Waals surface area (Å²) in [6.07, 6.45) is 3.09. The largest absolute Gasteiger partial charge is 0.488 e. The first-order valence-electron chi connectivity index (χ1n) is 19.9. The van der Waals surface area contributed by atoms with Crippen LogP contribution in [0.5, 0.6) is 11.5 Å². The number of carbonyl (C=O) groups is 4. The normalized spacial score (nSPS) is 26.0. The van der Waals surface area contributed by atoms with E-state index in [1.165, 1.54) is 29.8 Å². The molecule has 2 aromatic heterocycles. The zero-order valence-electron chi connectivity index (χ0n) is 34.0. The molecule has 3 amide bonds. The SMILES string of the molecule is C=C[C@@H]1C[C@]1(NC(=O)[C@@H]1C[C@@H](Oc2cc(-c3csc(NC(C)C)n3)nc3c(Cl)c(OCC#N)ccc23)CN1C(=O)[C@@H](NC(=O)O[C@@H]1C[C@@H]2C[C@@H]2C1)C(C)(C)C)C(=O)OC. The number of thiazole rings is 1. The Labute approximate surface area is 352 Å². The van der Waals surface area contributed by atoms with Gasteiger partial charge in [0.25, 0.3) is 0 Å². The molecule has 0 unspecified atom stereocenters. The van der Waals surface area contributed by atoms with Crippen molar-refractivity contribution in [3.63, 3.8) is 0 Å². The molecule has 314 valence electrons. The maximum Gasteiger partial charge on any atom is 0.408 e. The number of alkyl carbamates (subject to hydrolysis) is 1. The fourth-order valence-electron chi connectivity index (χ4n) is 8.28. The zero-order chi connectivity index (χ0) is 42.4. The van der Waals surface area contributed by atoms with E-state index in [0.717, 1.165) is 12.8 Å². The van der Waals surface area contributed by atoms with Crippen molar-refractivity contribution in [1.29, 1.82) is 5.26 Å². The van der Waals surface area contributed by atoms with Gasteiger partial charge >= 0.3 is 12.1 Å². The van der Waals surface area contributed by atoms with Crippen molar-refractivity contribution in [2.75, 3.05) is 25.6 Å². The molecule has 0 bridgehead atoms. The number of nitrogens with one attached hydrogen (secondary N) is 3. The summed E-state index contributed by atoms with van der Waals surface area (Å²) in [4.78, 5) is 66.4. The number of methoxy groups -OCH3 is 1. The van der Waals surface area contributed by atoms with Crippen LogP contribution < -0.4 is 25.4 Å². The second kappa shape index (κ2) is 16.5. The van der Waals surface area contributed by atoms with Gasteiger partial charge in [-0.3, -0.25) is 9.59 Å². The highest BCUT2D eigenvalue weighted by molar-refractivity contribution is 7.14. The van der Waals surface area contributed by atoms with Crippen LogP contribution in [-0.2, 0) is 23.9 Å². The smallest absolute Gasteiger partial charge is 0.408 e. The van der Waals surface area contributed by atoms with E-state index in [0.29, 0.717) is 51.4 Å². The van der Waals surface area contributed by atoms with E-state index in [2.05, 4.69) is 22.5 Å². The van der Waals surface area contributed by atoms with Crippen LogP contribution in [0.2, 0.25) is 5.02 Å². The van der Waals surface area contributed by atoms with Gasteiger partial charge in [-0.05, 0) is 68.9 Å². The lowest BCUT2D eigenvalue weighted by molar-refractivity contribution is -0.148. The number of anilines is 1. The Morgan fingerprint density at radius 3 is 2.49 bits per heavy atom. The van der Waals surface area contributed by atoms with Gasteiger partial charge in [-0.1, -0.05) is 38.4 Å². The van der Waals surface area contributed by atoms with Gasteiger partial charge in [0.05, 0.1) is 24.9 Å². The monoisotopic (exact) mass is 847 g/mol. The Morgan fingerprint density at radius 2 is 1.85 bits per heavy atom. The predicted octanol–water partition coefficient (Wildman–Crippen LogP) is 6.26. The molecule has 7 rings (SSSR count). The average molecular weight is 848 g/mol. The number of likely N-dealkylation sites (tertiary alicyclic amines) is 1. The highest BCUT2D eigenvalue weighted by atomic mass is 35.5. The lowest BCUT2D eigenvalue weighted by atomic mass is 9.85. The maximum absolute atomic E-state index is 14.8. The minimum atomic E-state index is -1.32. The van der Waals surface area contributed by atoms with Gasteiger partial charge in [0.1, 0.15) is 58.1 Å². The van der Waals surface area contributed by atoms with Crippen LogP contribution in [0.1, 0.15) is 66.7 Å². The quantitative estimate of drug-likeness (QED) is 0.122. The molecule has 4 fully saturated rings. The topological polar surface area (TPSA) is 194 Å². The van der Waals surface area contributed by atoms with Crippen LogP contribution in [0, 0.1) is 34.5 Å². The van der Waals surface area contributed by atoms with E-state index in [1.54, 1.807) is 24.3 Å². The summed E-state index contributed by atoms with van der Waals surface area (Å²) in [6, 6.07) is 4.98.